The van der Waals surface area contributed by atoms with Gasteiger partial charge in [-0.25, -0.2) is 4.39 Å². The highest BCUT2D eigenvalue weighted by atomic mass is 19.1. The van der Waals surface area contributed by atoms with Crippen LogP contribution in [0.15, 0.2) is 24.3 Å². The summed E-state index contributed by atoms with van der Waals surface area (Å²) in [7, 11) is 0. The van der Waals surface area contributed by atoms with Crippen LogP contribution >= 0.6 is 0 Å². The van der Waals surface area contributed by atoms with Crippen molar-refractivity contribution in [2.24, 2.45) is 11.7 Å². The van der Waals surface area contributed by atoms with Crippen LogP contribution in [-0.2, 0) is 4.79 Å². The summed E-state index contributed by atoms with van der Waals surface area (Å²) in [4.78, 5) is 22.8. The Bertz CT molecular complexity index is 432. The van der Waals surface area contributed by atoms with E-state index in [0.29, 0.717) is 0 Å². The summed E-state index contributed by atoms with van der Waals surface area (Å²) < 4.78 is 12.9. The first-order chi connectivity index (χ1) is 7.91. The van der Waals surface area contributed by atoms with Gasteiger partial charge in [-0.15, -0.1) is 0 Å². The molecule has 0 saturated carbocycles. The second kappa shape index (κ2) is 5.43. The minimum Gasteiger partial charge on any atom is -0.368 e. The van der Waals surface area contributed by atoms with E-state index in [-0.39, 0.29) is 11.5 Å². The quantitative estimate of drug-likeness (QED) is 0.823. The summed E-state index contributed by atoms with van der Waals surface area (Å²) in [6.45, 7) is 3.53. The van der Waals surface area contributed by atoms with Crippen LogP contribution in [-0.4, -0.2) is 17.9 Å². The molecular weight excluding hydrogens is 223 g/mol. The summed E-state index contributed by atoms with van der Waals surface area (Å²) in [5.74, 6) is -1.74. The van der Waals surface area contributed by atoms with Crippen LogP contribution in [0.5, 0.6) is 0 Å². The Labute approximate surface area is 99.0 Å². The molecule has 0 fully saturated rings. The Kier molecular flexibility index (Phi) is 4.20. The number of nitrogens with two attached hydrogens (primary N) is 1. The zero-order chi connectivity index (χ0) is 13.0. The lowest BCUT2D eigenvalue weighted by atomic mass is 10.0. The lowest BCUT2D eigenvalue weighted by Gasteiger charge is -2.18. The van der Waals surface area contributed by atoms with Crippen molar-refractivity contribution in [2.45, 2.75) is 19.9 Å². The summed E-state index contributed by atoms with van der Waals surface area (Å²) in [6.07, 6.45) is 0. The number of carbonyl (C=O) groups excluding carboxylic acids is 2. The van der Waals surface area contributed by atoms with Crippen molar-refractivity contribution in [2.75, 3.05) is 0 Å². The maximum atomic E-state index is 12.9. The zero-order valence-electron chi connectivity index (χ0n) is 9.74. The first-order valence-corrected chi connectivity index (χ1v) is 5.27. The van der Waals surface area contributed by atoms with Crippen molar-refractivity contribution in [3.8, 4) is 0 Å². The van der Waals surface area contributed by atoms with E-state index in [1.807, 2.05) is 0 Å². The summed E-state index contributed by atoms with van der Waals surface area (Å²) in [6, 6.07) is 4.49. The molecule has 2 amide bonds. The Morgan fingerprint density at radius 1 is 1.35 bits per heavy atom. The average Bonchev–Trinajstić information content (AvgIpc) is 2.24. The topological polar surface area (TPSA) is 72.2 Å². The Morgan fingerprint density at radius 2 is 2.00 bits per heavy atom. The molecule has 0 heterocycles. The molecule has 17 heavy (non-hydrogen) atoms. The lowest BCUT2D eigenvalue weighted by Crippen LogP contribution is -2.47. The van der Waals surface area contributed by atoms with Crippen LogP contribution in [0.25, 0.3) is 0 Å². The van der Waals surface area contributed by atoms with Gasteiger partial charge in [-0.2, -0.15) is 0 Å². The third-order valence-electron chi connectivity index (χ3n) is 2.35. The van der Waals surface area contributed by atoms with Gasteiger partial charge in [0.15, 0.2) is 0 Å². The Morgan fingerprint density at radius 3 is 2.47 bits per heavy atom. The van der Waals surface area contributed by atoms with Crippen LogP contribution in [0.1, 0.15) is 24.2 Å². The van der Waals surface area contributed by atoms with Gasteiger partial charge in [0.05, 0.1) is 0 Å². The van der Waals surface area contributed by atoms with Crippen LogP contribution in [0, 0.1) is 11.7 Å². The number of hydrogen-bond acceptors (Lipinski definition) is 2. The van der Waals surface area contributed by atoms with Gasteiger partial charge < -0.3 is 11.1 Å². The van der Waals surface area contributed by atoms with Gasteiger partial charge in [0.25, 0.3) is 5.91 Å². The smallest absolute Gasteiger partial charge is 0.252 e. The Balaban J connectivity index is 2.81. The molecular formula is C12H15FN2O2. The molecule has 1 aromatic carbocycles. The van der Waals surface area contributed by atoms with E-state index >= 15 is 0 Å². The summed E-state index contributed by atoms with van der Waals surface area (Å²) >= 11 is 0. The van der Waals surface area contributed by atoms with Gasteiger partial charge in [-0.05, 0) is 24.1 Å². The first kappa shape index (κ1) is 13.2. The predicted molar refractivity (Wildman–Crippen MR) is 61.7 cm³/mol. The fourth-order valence-electron chi connectivity index (χ4n) is 1.42. The van der Waals surface area contributed by atoms with Gasteiger partial charge in [0.2, 0.25) is 5.91 Å². The molecule has 0 radical (unpaired) electrons. The van der Waals surface area contributed by atoms with E-state index in [2.05, 4.69) is 5.32 Å². The number of halogens is 1. The van der Waals surface area contributed by atoms with Gasteiger partial charge >= 0.3 is 0 Å². The molecule has 92 valence electrons. The maximum Gasteiger partial charge on any atom is 0.252 e. The molecule has 0 aliphatic rings. The highest BCUT2D eigenvalue weighted by molar-refractivity contribution is 5.97. The highest BCUT2D eigenvalue weighted by Crippen LogP contribution is 2.06. The molecule has 0 saturated heterocycles. The number of amides is 2. The molecule has 1 atom stereocenters. The van der Waals surface area contributed by atoms with Gasteiger partial charge in [-0.1, -0.05) is 19.9 Å². The SMILES string of the molecule is CC(C)[C@H](NC(=O)c1cccc(F)c1)C(N)=O. The van der Waals surface area contributed by atoms with Crippen molar-refractivity contribution < 1.29 is 14.0 Å². The molecule has 1 aromatic rings. The standard InChI is InChI=1S/C12H15FN2O2/c1-7(2)10(11(14)16)15-12(17)8-4-3-5-9(13)6-8/h3-7,10H,1-2H3,(H2,14,16)(H,15,17)/t10-/m0/s1. The van der Waals surface area contributed by atoms with E-state index in [1.54, 1.807) is 13.8 Å². The van der Waals surface area contributed by atoms with Crippen LogP contribution in [0.2, 0.25) is 0 Å². The molecule has 1 rings (SSSR count). The summed E-state index contributed by atoms with van der Waals surface area (Å²) in [5.41, 5.74) is 5.33. The first-order valence-electron chi connectivity index (χ1n) is 5.27. The molecule has 4 nitrogen and oxygen atoms in total. The summed E-state index contributed by atoms with van der Waals surface area (Å²) in [5, 5.41) is 2.48. The third-order valence-corrected chi connectivity index (χ3v) is 2.35. The van der Waals surface area contributed by atoms with Crippen molar-refractivity contribution in [3.05, 3.63) is 35.6 Å². The normalized spacial score (nSPS) is 12.2. The zero-order valence-corrected chi connectivity index (χ0v) is 9.74. The van der Waals surface area contributed by atoms with Crippen LogP contribution in [0.3, 0.4) is 0 Å². The van der Waals surface area contributed by atoms with E-state index < -0.39 is 23.7 Å². The Hall–Kier alpha value is -1.91. The minimum atomic E-state index is -0.759. The van der Waals surface area contributed by atoms with Crippen LogP contribution in [0.4, 0.5) is 4.39 Å². The maximum absolute atomic E-state index is 12.9. The minimum absolute atomic E-state index is 0.120. The number of nitrogens with one attached hydrogen (secondary N) is 1. The third kappa shape index (κ3) is 3.55. The lowest BCUT2D eigenvalue weighted by molar-refractivity contribution is -0.120. The van der Waals surface area contributed by atoms with E-state index in [4.69, 9.17) is 5.73 Å². The van der Waals surface area contributed by atoms with Gasteiger partial charge in [0, 0.05) is 5.56 Å². The van der Waals surface area contributed by atoms with E-state index in [1.165, 1.54) is 18.2 Å². The van der Waals surface area contributed by atoms with Crippen molar-refractivity contribution >= 4 is 11.8 Å². The second-order valence-electron chi connectivity index (χ2n) is 4.11. The number of benzene rings is 1. The molecule has 0 aliphatic carbocycles. The van der Waals surface area contributed by atoms with E-state index in [0.717, 1.165) is 6.07 Å². The molecule has 0 unspecified atom stereocenters. The molecule has 5 heteroatoms. The number of carbonyl (C=O) groups is 2. The number of primary amides is 1. The van der Waals surface area contributed by atoms with Crippen molar-refractivity contribution in [1.29, 1.82) is 0 Å². The fraction of sp³-hybridized carbons (Fsp3) is 0.333. The van der Waals surface area contributed by atoms with Crippen molar-refractivity contribution in [1.82, 2.24) is 5.32 Å². The monoisotopic (exact) mass is 238 g/mol. The number of hydrogen-bond donors (Lipinski definition) is 2. The molecule has 0 aliphatic heterocycles. The average molecular weight is 238 g/mol. The van der Waals surface area contributed by atoms with Gasteiger partial charge in [-0.3, -0.25) is 9.59 Å². The molecule has 0 aromatic heterocycles. The van der Waals surface area contributed by atoms with Crippen LogP contribution < -0.4 is 11.1 Å². The largest absolute Gasteiger partial charge is 0.368 e. The highest BCUT2D eigenvalue weighted by Gasteiger charge is 2.22. The predicted octanol–water partition coefficient (Wildman–Crippen LogP) is 1.07. The van der Waals surface area contributed by atoms with Crippen molar-refractivity contribution in [3.63, 3.8) is 0 Å². The molecule has 3 N–H and O–H groups in total. The molecule has 0 spiro atoms. The molecule has 0 bridgehead atoms. The van der Waals surface area contributed by atoms with E-state index in [9.17, 15) is 14.0 Å². The number of rotatable bonds is 4. The fourth-order valence-corrected chi connectivity index (χ4v) is 1.42. The van der Waals surface area contributed by atoms with Gasteiger partial charge in [0.1, 0.15) is 11.9 Å². The second-order valence-corrected chi connectivity index (χ2v) is 4.11.